The number of nitrogens with two attached hydrogens (primary N) is 1. The highest BCUT2D eigenvalue weighted by atomic mass is 16.5. The molecule has 4 heteroatoms. The summed E-state index contributed by atoms with van der Waals surface area (Å²) in [5.41, 5.74) is 5.16. The lowest BCUT2D eigenvalue weighted by atomic mass is 10.0. The molecule has 0 heterocycles. The van der Waals surface area contributed by atoms with Crippen molar-refractivity contribution in [2.24, 2.45) is 11.7 Å². The van der Waals surface area contributed by atoms with Crippen molar-refractivity contribution in [1.29, 1.82) is 0 Å². The van der Waals surface area contributed by atoms with Crippen LogP contribution in [0.5, 0.6) is 0 Å². The van der Waals surface area contributed by atoms with E-state index in [-0.39, 0.29) is 11.9 Å². The van der Waals surface area contributed by atoms with Crippen molar-refractivity contribution in [3.63, 3.8) is 0 Å². The van der Waals surface area contributed by atoms with Gasteiger partial charge >= 0.3 is 0 Å². The zero-order valence-electron chi connectivity index (χ0n) is 11.2. The van der Waals surface area contributed by atoms with Gasteiger partial charge in [-0.05, 0) is 25.7 Å². The number of rotatable bonds is 7. The minimum absolute atomic E-state index is 0.0157. The summed E-state index contributed by atoms with van der Waals surface area (Å²) in [5, 5.41) is 2.84. The van der Waals surface area contributed by atoms with E-state index in [0.717, 1.165) is 6.42 Å². The molecule has 0 aromatic heterocycles. The summed E-state index contributed by atoms with van der Waals surface area (Å²) in [5.74, 6) is 0.462. The van der Waals surface area contributed by atoms with Crippen LogP contribution in [0.1, 0.15) is 40.5 Å². The highest BCUT2D eigenvalue weighted by Gasteiger charge is 2.30. The highest BCUT2D eigenvalue weighted by Crippen LogP contribution is 2.13. The first-order chi connectivity index (χ1) is 7.35. The second kappa shape index (κ2) is 6.86. The number of hydrogen-bond acceptors (Lipinski definition) is 3. The first-order valence-corrected chi connectivity index (χ1v) is 5.94. The molecule has 2 unspecified atom stereocenters. The smallest absolute Gasteiger partial charge is 0.251 e. The maximum Gasteiger partial charge on any atom is 0.251 e. The fourth-order valence-corrected chi connectivity index (χ4v) is 1.50. The molecule has 96 valence electrons. The normalized spacial score (nSPS) is 16.9. The van der Waals surface area contributed by atoms with Gasteiger partial charge in [0.2, 0.25) is 0 Å². The van der Waals surface area contributed by atoms with Gasteiger partial charge in [-0.2, -0.15) is 0 Å². The Balaban J connectivity index is 4.06. The summed E-state index contributed by atoms with van der Waals surface area (Å²) in [6, 6.07) is 0.0157. The number of carbonyl (C=O) groups is 1. The van der Waals surface area contributed by atoms with E-state index < -0.39 is 5.60 Å². The Morgan fingerprint density at radius 2 is 2.06 bits per heavy atom. The molecule has 0 aliphatic carbocycles. The predicted octanol–water partition coefficient (Wildman–Crippen LogP) is 1.29. The topological polar surface area (TPSA) is 64.3 Å². The fraction of sp³-hybridized carbons (Fsp3) is 0.917. The van der Waals surface area contributed by atoms with Crippen LogP contribution in [0, 0.1) is 5.92 Å². The summed E-state index contributed by atoms with van der Waals surface area (Å²) in [6.07, 6.45) is 1.56. The maximum atomic E-state index is 11.8. The van der Waals surface area contributed by atoms with Gasteiger partial charge in [0, 0.05) is 19.7 Å². The number of methoxy groups -OCH3 is 1. The molecule has 0 radical (unpaired) electrons. The van der Waals surface area contributed by atoms with Crippen molar-refractivity contribution in [1.82, 2.24) is 5.32 Å². The van der Waals surface area contributed by atoms with Crippen LogP contribution in [-0.4, -0.2) is 31.2 Å². The Kier molecular flexibility index (Phi) is 6.60. The van der Waals surface area contributed by atoms with Crippen LogP contribution in [-0.2, 0) is 9.53 Å². The summed E-state index contributed by atoms with van der Waals surface area (Å²) in [6.45, 7) is 8.46. The molecule has 0 aromatic rings. The van der Waals surface area contributed by atoms with E-state index in [0.29, 0.717) is 18.9 Å². The third kappa shape index (κ3) is 4.94. The third-order valence-corrected chi connectivity index (χ3v) is 2.90. The average molecular weight is 230 g/mol. The molecular weight excluding hydrogens is 204 g/mol. The molecule has 0 aliphatic heterocycles. The van der Waals surface area contributed by atoms with Crippen LogP contribution in [0.3, 0.4) is 0 Å². The average Bonchev–Trinajstić information content (AvgIpc) is 2.23. The van der Waals surface area contributed by atoms with E-state index in [1.807, 2.05) is 6.92 Å². The quantitative estimate of drug-likeness (QED) is 0.692. The number of ether oxygens (including phenoxy) is 1. The van der Waals surface area contributed by atoms with Gasteiger partial charge < -0.3 is 15.8 Å². The van der Waals surface area contributed by atoms with Gasteiger partial charge in [0.1, 0.15) is 5.60 Å². The van der Waals surface area contributed by atoms with Crippen molar-refractivity contribution in [3.8, 4) is 0 Å². The molecule has 0 saturated heterocycles. The van der Waals surface area contributed by atoms with E-state index >= 15 is 0 Å². The Bertz CT molecular complexity index is 213. The monoisotopic (exact) mass is 230 g/mol. The van der Waals surface area contributed by atoms with E-state index in [1.165, 1.54) is 0 Å². The standard InChI is InChI=1S/C12H26N2O2/c1-6-12(4,16-5)11(15)14-8-10(13)7-9(2)3/h9-10H,6-8,13H2,1-5H3,(H,14,15). The van der Waals surface area contributed by atoms with E-state index in [4.69, 9.17) is 10.5 Å². The Hall–Kier alpha value is -0.610. The van der Waals surface area contributed by atoms with Crippen molar-refractivity contribution < 1.29 is 9.53 Å². The summed E-state index contributed by atoms with van der Waals surface area (Å²) in [7, 11) is 1.55. The van der Waals surface area contributed by atoms with Crippen LogP contribution < -0.4 is 11.1 Å². The predicted molar refractivity (Wildman–Crippen MR) is 66.1 cm³/mol. The molecule has 2 atom stereocenters. The van der Waals surface area contributed by atoms with Gasteiger partial charge in [0.25, 0.3) is 5.91 Å². The molecule has 0 rings (SSSR count). The van der Waals surface area contributed by atoms with Gasteiger partial charge in [0.05, 0.1) is 0 Å². The van der Waals surface area contributed by atoms with Crippen LogP contribution in [0.15, 0.2) is 0 Å². The Morgan fingerprint density at radius 1 is 1.50 bits per heavy atom. The molecule has 0 spiro atoms. The Labute approximate surface area is 98.9 Å². The van der Waals surface area contributed by atoms with E-state index in [1.54, 1.807) is 14.0 Å². The third-order valence-electron chi connectivity index (χ3n) is 2.90. The summed E-state index contributed by atoms with van der Waals surface area (Å²) >= 11 is 0. The zero-order chi connectivity index (χ0) is 12.8. The largest absolute Gasteiger partial charge is 0.369 e. The minimum atomic E-state index is -0.739. The lowest BCUT2D eigenvalue weighted by Gasteiger charge is -2.26. The van der Waals surface area contributed by atoms with Crippen molar-refractivity contribution in [2.75, 3.05) is 13.7 Å². The van der Waals surface area contributed by atoms with Crippen LogP contribution in [0.4, 0.5) is 0 Å². The van der Waals surface area contributed by atoms with Crippen LogP contribution in [0.25, 0.3) is 0 Å². The number of amides is 1. The number of carbonyl (C=O) groups excluding carboxylic acids is 1. The summed E-state index contributed by atoms with van der Waals surface area (Å²) in [4.78, 5) is 11.8. The van der Waals surface area contributed by atoms with Gasteiger partial charge in [-0.25, -0.2) is 0 Å². The summed E-state index contributed by atoms with van der Waals surface area (Å²) < 4.78 is 5.21. The molecule has 0 bridgehead atoms. The number of hydrogen-bond donors (Lipinski definition) is 2. The minimum Gasteiger partial charge on any atom is -0.369 e. The lowest BCUT2D eigenvalue weighted by molar-refractivity contribution is -0.141. The van der Waals surface area contributed by atoms with E-state index in [2.05, 4.69) is 19.2 Å². The Morgan fingerprint density at radius 3 is 2.44 bits per heavy atom. The maximum absolute atomic E-state index is 11.8. The molecule has 0 aliphatic rings. The second-order valence-electron chi connectivity index (χ2n) is 4.89. The second-order valence-corrected chi connectivity index (χ2v) is 4.89. The van der Waals surface area contributed by atoms with Gasteiger partial charge in [-0.15, -0.1) is 0 Å². The zero-order valence-corrected chi connectivity index (χ0v) is 11.2. The molecule has 1 amide bonds. The van der Waals surface area contributed by atoms with Crippen molar-refractivity contribution >= 4 is 5.91 Å². The van der Waals surface area contributed by atoms with Gasteiger partial charge in [-0.3, -0.25) is 4.79 Å². The molecule has 0 aromatic carbocycles. The van der Waals surface area contributed by atoms with Crippen molar-refractivity contribution in [3.05, 3.63) is 0 Å². The number of nitrogens with one attached hydrogen (secondary N) is 1. The molecule has 4 nitrogen and oxygen atoms in total. The highest BCUT2D eigenvalue weighted by molar-refractivity contribution is 5.84. The van der Waals surface area contributed by atoms with Gasteiger partial charge in [-0.1, -0.05) is 20.8 Å². The van der Waals surface area contributed by atoms with Crippen LogP contribution >= 0.6 is 0 Å². The first-order valence-electron chi connectivity index (χ1n) is 5.94. The van der Waals surface area contributed by atoms with E-state index in [9.17, 15) is 4.79 Å². The van der Waals surface area contributed by atoms with Crippen molar-refractivity contribution in [2.45, 2.75) is 52.2 Å². The molecular formula is C12H26N2O2. The lowest BCUT2D eigenvalue weighted by Crippen LogP contribution is -2.49. The molecule has 0 saturated carbocycles. The fourth-order valence-electron chi connectivity index (χ4n) is 1.50. The molecule has 0 fully saturated rings. The first kappa shape index (κ1) is 15.4. The SMILES string of the molecule is CCC(C)(OC)C(=O)NCC(N)CC(C)C. The molecule has 16 heavy (non-hydrogen) atoms. The van der Waals surface area contributed by atoms with Crippen LogP contribution in [0.2, 0.25) is 0 Å². The molecule has 3 N–H and O–H groups in total. The van der Waals surface area contributed by atoms with Gasteiger partial charge in [0.15, 0.2) is 0 Å².